The highest BCUT2D eigenvalue weighted by molar-refractivity contribution is 7.90. The highest BCUT2D eigenvalue weighted by Crippen LogP contribution is 2.26. The van der Waals surface area contributed by atoms with Gasteiger partial charge in [-0.3, -0.25) is 4.79 Å². The minimum absolute atomic E-state index is 0.0652. The number of esters is 1. The van der Waals surface area contributed by atoms with Gasteiger partial charge in [-0.25, -0.2) is 13.2 Å². The van der Waals surface area contributed by atoms with Gasteiger partial charge < -0.3 is 9.64 Å². The molecule has 0 N–H and O–H groups in total. The molecule has 1 amide bonds. The summed E-state index contributed by atoms with van der Waals surface area (Å²) in [5.74, 6) is -0.896. The second-order valence-corrected chi connectivity index (χ2v) is 8.26. The molecule has 136 valence electrons. The van der Waals surface area contributed by atoms with E-state index in [0.717, 1.165) is 17.4 Å². The van der Waals surface area contributed by atoms with Crippen LogP contribution in [0.4, 0.5) is 0 Å². The predicted molar refractivity (Wildman–Crippen MR) is 95.4 cm³/mol. The summed E-state index contributed by atoms with van der Waals surface area (Å²) in [6, 6.07) is 12.7. The number of amides is 1. The number of carbonyl (C=O) groups excluding carboxylic acids is 2. The third-order valence-corrected chi connectivity index (χ3v) is 5.60. The zero-order valence-electron chi connectivity index (χ0n) is 14.5. The van der Waals surface area contributed by atoms with E-state index < -0.39 is 27.8 Å². The monoisotopic (exact) mass is 373 g/mol. The van der Waals surface area contributed by atoms with Crippen molar-refractivity contribution < 1.29 is 22.7 Å². The van der Waals surface area contributed by atoms with Gasteiger partial charge >= 0.3 is 5.97 Å². The molecule has 0 bridgehead atoms. The molecule has 1 aliphatic rings. The SMILES string of the molecule is COC(=O)[C@H]1Cc2ccccc2CN1C(=O)c1cccc(S(C)(=O)=O)c1. The first-order chi connectivity index (χ1) is 12.3. The Kier molecular flexibility index (Phi) is 4.82. The Hall–Kier alpha value is -2.67. The lowest BCUT2D eigenvalue weighted by Gasteiger charge is -2.35. The Balaban J connectivity index is 2.00. The van der Waals surface area contributed by atoms with Gasteiger partial charge in [-0.15, -0.1) is 0 Å². The summed E-state index contributed by atoms with van der Waals surface area (Å²) in [6.45, 7) is 0.262. The van der Waals surface area contributed by atoms with Gasteiger partial charge in [0, 0.05) is 24.8 Å². The van der Waals surface area contributed by atoms with Crippen molar-refractivity contribution in [3.63, 3.8) is 0 Å². The van der Waals surface area contributed by atoms with Crippen LogP contribution < -0.4 is 0 Å². The van der Waals surface area contributed by atoms with Crippen molar-refractivity contribution >= 4 is 21.7 Å². The van der Waals surface area contributed by atoms with Crippen molar-refractivity contribution in [1.82, 2.24) is 4.90 Å². The van der Waals surface area contributed by atoms with E-state index in [0.29, 0.717) is 6.42 Å². The lowest BCUT2D eigenvalue weighted by molar-refractivity contribution is -0.146. The molecule has 7 heteroatoms. The maximum atomic E-state index is 13.0. The van der Waals surface area contributed by atoms with Crippen LogP contribution in [0.5, 0.6) is 0 Å². The number of rotatable bonds is 3. The van der Waals surface area contributed by atoms with Gasteiger partial charge in [-0.05, 0) is 29.3 Å². The molecule has 2 aromatic rings. The standard InChI is InChI=1S/C19H19NO5S/c1-25-19(22)17-11-13-6-3-4-7-15(13)12-20(17)18(21)14-8-5-9-16(10-14)26(2,23)24/h3-10,17H,11-12H2,1-2H3/t17-/m1/s1. The summed E-state index contributed by atoms with van der Waals surface area (Å²) in [4.78, 5) is 26.8. The van der Waals surface area contributed by atoms with Crippen LogP contribution in [0.1, 0.15) is 21.5 Å². The van der Waals surface area contributed by atoms with Crippen LogP contribution >= 0.6 is 0 Å². The lowest BCUT2D eigenvalue weighted by Crippen LogP contribution is -2.49. The molecule has 2 aromatic carbocycles. The molecule has 26 heavy (non-hydrogen) atoms. The number of fused-ring (bicyclic) bond motifs is 1. The van der Waals surface area contributed by atoms with Crippen LogP contribution in [0, 0.1) is 0 Å². The zero-order valence-corrected chi connectivity index (χ0v) is 15.3. The van der Waals surface area contributed by atoms with Crippen molar-refractivity contribution in [2.24, 2.45) is 0 Å². The molecular formula is C19H19NO5S. The van der Waals surface area contributed by atoms with Crippen molar-refractivity contribution in [3.05, 3.63) is 65.2 Å². The summed E-state index contributed by atoms with van der Waals surface area (Å²) < 4.78 is 28.4. The highest BCUT2D eigenvalue weighted by Gasteiger charge is 2.35. The molecule has 0 fully saturated rings. The van der Waals surface area contributed by atoms with E-state index in [2.05, 4.69) is 0 Å². The summed E-state index contributed by atoms with van der Waals surface area (Å²) in [6.07, 6.45) is 1.45. The van der Waals surface area contributed by atoms with Crippen LogP contribution in [0.3, 0.4) is 0 Å². The van der Waals surface area contributed by atoms with E-state index in [4.69, 9.17) is 4.74 Å². The Morgan fingerprint density at radius 1 is 1.08 bits per heavy atom. The van der Waals surface area contributed by atoms with E-state index >= 15 is 0 Å². The van der Waals surface area contributed by atoms with Crippen molar-refractivity contribution in [3.8, 4) is 0 Å². The smallest absolute Gasteiger partial charge is 0.328 e. The first-order valence-electron chi connectivity index (χ1n) is 8.07. The zero-order chi connectivity index (χ0) is 18.9. The molecule has 0 radical (unpaired) electrons. The summed E-state index contributed by atoms with van der Waals surface area (Å²) >= 11 is 0. The number of carbonyl (C=O) groups is 2. The Morgan fingerprint density at radius 3 is 2.42 bits per heavy atom. The van der Waals surface area contributed by atoms with Crippen LogP contribution in [0.15, 0.2) is 53.4 Å². The van der Waals surface area contributed by atoms with Gasteiger partial charge in [0.25, 0.3) is 5.91 Å². The van der Waals surface area contributed by atoms with Gasteiger partial charge in [-0.1, -0.05) is 30.3 Å². The topological polar surface area (TPSA) is 80.8 Å². The summed E-state index contributed by atoms with van der Waals surface area (Å²) in [5.41, 5.74) is 2.18. The normalized spacial score (nSPS) is 16.7. The second-order valence-electron chi connectivity index (χ2n) is 6.24. The van der Waals surface area contributed by atoms with Crippen molar-refractivity contribution in [2.45, 2.75) is 23.9 Å². The summed E-state index contributed by atoms with van der Waals surface area (Å²) in [7, 11) is -2.15. The first-order valence-corrected chi connectivity index (χ1v) is 9.96. The Bertz CT molecular complexity index is 967. The average Bonchev–Trinajstić information content (AvgIpc) is 2.65. The Morgan fingerprint density at radius 2 is 1.77 bits per heavy atom. The quantitative estimate of drug-likeness (QED) is 0.767. The van der Waals surface area contributed by atoms with Crippen molar-refractivity contribution in [1.29, 1.82) is 0 Å². The van der Waals surface area contributed by atoms with E-state index in [9.17, 15) is 18.0 Å². The third kappa shape index (κ3) is 3.48. The molecule has 0 aromatic heterocycles. The fourth-order valence-electron chi connectivity index (χ4n) is 3.11. The van der Waals surface area contributed by atoms with Gasteiger partial charge in [0.1, 0.15) is 6.04 Å². The maximum absolute atomic E-state index is 13.0. The molecule has 3 rings (SSSR count). The van der Waals surface area contributed by atoms with Crippen LogP contribution in [-0.2, 0) is 32.3 Å². The molecule has 1 atom stereocenters. The molecule has 0 spiro atoms. The molecule has 6 nitrogen and oxygen atoms in total. The van der Waals surface area contributed by atoms with Crippen molar-refractivity contribution in [2.75, 3.05) is 13.4 Å². The molecule has 0 saturated heterocycles. The van der Waals surface area contributed by atoms with E-state index in [1.165, 1.54) is 30.2 Å². The molecule has 0 aliphatic carbocycles. The number of sulfone groups is 1. The number of nitrogens with zero attached hydrogens (tertiary/aromatic N) is 1. The third-order valence-electron chi connectivity index (χ3n) is 4.49. The largest absolute Gasteiger partial charge is 0.467 e. The van der Waals surface area contributed by atoms with E-state index in [1.807, 2.05) is 24.3 Å². The minimum Gasteiger partial charge on any atom is -0.467 e. The predicted octanol–water partition coefficient (Wildman–Crippen LogP) is 1.83. The van der Waals surface area contributed by atoms with Crippen LogP contribution in [-0.4, -0.2) is 44.6 Å². The number of hydrogen-bond acceptors (Lipinski definition) is 5. The fraction of sp³-hybridized carbons (Fsp3) is 0.263. The molecule has 0 saturated carbocycles. The summed E-state index contributed by atoms with van der Waals surface area (Å²) in [5, 5.41) is 0. The number of ether oxygens (including phenoxy) is 1. The van der Waals surface area contributed by atoms with Crippen LogP contribution in [0.2, 0.25) is 0 Å². The average molecular weight is 373 g/mol. The number of benzene rings is 2. The highest BCUT2D eigenvalue weighted by atomic mass is 32.2. The second kappa shape index (κ2) is 6.92. The minimum atomic E-state index is -3.44. The molecule has 1 heterocycles. The van der Waals surface area contributed by atoms with E-state index in [-0.39, 0.29) is 17.0 Å². The van der Waals surface area contributed by atoms with Crippen LogP contribution in [0.25, 0.3) is 0 Å². The van der Waals surface area contributed by atoms with Gasteiger partial charge in [-0.2, -0.15) is 0 Å². The maximum Gasteiger partial charge on any atom is 0.328 e. The lowest BCUT2D eigenvalue weighted by atomic mass is 9.93. The fourth-order valence-corrected chi connectivity index (χ4v) is 3.78. The Labute approximate surface area is 152 Å². The van der Waals surface area contributed by atoms with Gasteiger partial charge in [0.15, 0.2) is 9.84 Å². The van der Waals surface area contributed by atoms with Gasteiger partial charge in [0.2, 0.25) is 0 Å². The molecule has 0 unspecified atom stereocenters. The number of methoxy groups -OCH3 is 1. The molecule has 1 aliphatic heterocycles. The van der Waals surface area contributed by atoms with E-state index in [1.54, 1.807) is 6.07 Å². The molecular weight excluding hydrogens is 354 g/mol. The van der Waals surface area contributed by atoms with Gasteiger partial charge in [0.05, 0.1) is 12.0 Å². The first kappa shape index (κ1) is 18.1. The number of hydrogen-bond donors (Lipinski definition) is 0.